The van der Waals surface area contributed by atoms with E-state index in [-0.39, 0.29) is 18.0 Å². The summed E-state index contributed by atoms with van der Waals surface area (Å²) in [6.45, 7) is 4.24. The lowest BCUT2D eigenvalue weighted by Crippen LogP contribution is -2.47. The summed E-state index contributed by atoms with van der Waals surface area (Å²) in [7, 11) is 0. The van der Waals surface area contributed by atoms with Crippen molar-refractivity contribution in [3.8, 4) is 0 Å². The first-order valence-electron chi connectivity index (χ1n) is 7.91. The third-order valence-electron chi connectivity index (χ3n) is 4.68. The predicted octanol–water partition coefficient (Wildman–Crippen LogP) is 0.935. The van der Waals surface area contributed by atoms with Crippen molar-refractivity contribution in [2.45, 2.75) is 38.3 Å². The largest absolute Gasteiger partial charge is 0.341 e. The SMILES string of the molecule is O=C(Cn1ccccc1=O)N1CCC(N2CCCC2)CC1. The number of amides is 1. The van der Waals surface area contributed by atoms with Crippen LogP contribution in [0.25, 0.3) is 0 Å². The second kappa shape index (κ2) is 6.43. The van der Waals surface area contributed by atoms with Crippen molar-refractivity contribution in [3.05, 3.63) is 34.7 Å². The van der Waals surface area contributed by atoms with Gasteiger partial charge in [0, 0.05) is 31.4 Å². The molecule has 2 aliphatic heterocycles. The van der Waals surface area contributed by atoms with Gasteiger partial charge in [-0.1, -0.05) is 6.07 Å². The number of piperidine rings is 1. The first-order chi connectivity index (χ1) is 10.2. The lowest BCUT2D eigenvalue weighted by molar-refractivity contribution is -0.133. The van der Waals surface area contributed by atoms with E-state index in [1.54, 1.807) is 18.3 Å². The highest BCUT2D eigenvalue weighted by atomic mass is 16.2. The number of carbonyl (C=O) groups is 1. The molecular formula is C16H23N3O2. The van der Waals surface area contributed by atoms with E-state index in [1.165, 1.54) is 36.6 Å². The van der Waals surface area contributed by atoms with Gasteiger partial charge in [0.1, 0.15) is 6.54 Å². The van der Waals surface area contributed by atoms with Gasteiger partial charge in [-0.3, -0.25) is 9.59 Å². The third kappa shape index (κ3) is 3.35. The van der Waals surface area contributed by atoms with Crippen molar-refractivity contribution in [2.75, 3.05) is 26.2 Å². The molecule has 3 heterocycles. The summed E-state index contributed by atoms with van der Waals surface area (Å²) in [5.41, 5.74) is -0.113. The number of hydrogen-bond donors (Lipinski definition) is 0. The van der Waals surface area contributed by atoms with Crippen LogP contribution in [-0.2, 0) is 11.3 Å². The highest BCUT2D eigenvalue weighted by molar-refractivity contribution is 5.76. The van der Waals surface area contributed by atoms with Crippen LogP contribution in [0.4, 0.5) is 0 Å². The average molecular weight is 289 g/mol. The fourth-order valence-electron chi connectivity index (χ4n) is 3.42. The first-order valence-corrected chi connectivity index (χ1v) is 7.91. The molecule has 21 heavy (non-hydrogen) atoms. The standard InChI is InChI=1S/C16H23N3O2/c20-15-5-1-2-10-19(15)13-16(21)18-11-6-14(7-12-18)17-8-3-4-9-17/h1-2,5,10,14H,3-4,6-9,11-13H2. The van der Waals surface area contributed by atoms with Gasteiger partial charge in [-0.15, -0.1) is 0 Å². The molecular weight excluding hydrogens is 266 g/mol. The van der Waals surface area contributed by atoms with E-state index in [0.29, 0.717) is 6.04 Å². The second-order valence-electron chi connectivity index (χ2n) is 6.02. The maximum absolute atomic E-state index is 12.3. The van der Waals surface area contributed by atoms with Crippen LogP contribution in [0, 0.1) is 0 Å². The number of aromatic nitrogens is 1. The van der Waals surface area contributed by atoms with Crippen molar-refractivity contribution in [1.82, 2.24) is 14.4 Å². The zero-order chi connectivity index (χ0) is 14.7. The molecule has 5 heteroatoms. The third-order valence-corrected chi connectivity index (χ3v) is 4.68. The smallest absolute Gasteiger partial charge is 0.250 e. The Balaban J connectivity index is 1.53. The molecule has 5 nitrogen and oxygen atoms in total. The Hall–Kier alpha value is -1.62. The van der Waals surface area contributed by atoms with E-state index >= 15 is 0 Å². The molecule has 0 N–H and O–H groups in total. The highest BCUT2D eigenvalue weighted by Crippen LogP contribution is 2.21. The van der Waals surface area contributed by atoms with Crippen LogP contribution in [0.2, 0.25) is 0 Å². The van der Waals surface area contributed by atoms with Gasteiger partial charge >= 0.3 is 0 Å². The number of rotatable bonds is 3. The molecule has 0 unspecified atom stereocenters. The molecule has 114 valence electrons. The van der Waals surface area contributed by atoms with Crippen molar-refractivity contribution in [1.29, 1.82) is 0 Å². The number of nitrogens with zero attached hydrogens (tertiary/aromatic N) is 3. The topological polar surface area (TPSA) is 45.6 Å². The highest BCUT2D eigenvalue weighted by Gasteiger charge is 2.28. The Bertz CT molecular complexity index is 540. The summed E-state index contributed by atoms with van der Waals surface area (Å²) in [6, 6.07) is 5.63. The molecule has 2 saturated heterocycles. The Morgan fingerprint density at radius 1 is 1.10 bits per heavy atom. The van der Waals surface area contributed by atoms with Crippen LogP contribution >= 0.6 is 0 Å². The average Bonchev–Trinajstić information content (AvgIpc) is 3.04. The van der Waals surface area contributed by atoms with Gasteiger partial charge < -0.3 is 14.4 Å². The zero-order valence-corrected chi connectivity index (χ0v) is 12.4. The summed E-state index contributed by atoms with van der Waals surface area (Å²) >= 11 is 0. The molecule has 1 aromatic rings. The van der Waals surface area contributed by atoms with Gasteiger partial charge in [-0.25, -0.2) is 0 Å². The van der Waals surface area contributed by atoms with E-state index in [2.05, 4.69) is 4.90 Å². The molecule has 0 radical (unpaired) electrons. The monoisotopic (exact) mass is 289 g/mol. The van der Waals surface area contributed by atoms with Crippen molar-refractivity contribution < 1.29 is 4.79 Å². The number of carbonyl (C=O) groups excluding carboxylic acids is 1. The summed E-state index contributed by atoms with van der Waals surface area (Å²) in [5, 5.41) is 0. The summed E-state index contributed by atoms with van der Waals surface area (Å²) < 4.78 is 1.48. The molecule has 0 saturated carbocycles. The normalized spacial score (nSPS) is 20.9. The number of hydrogen-bond acceptors (Lipinski definition) is 3. The zero-order valence-electron chi connectivity index (χ0n) is 12.4. The molecule has 0 atom stereocenters. The lowest BCUT2D eigenvalue weighted by atomic mass is 10.0. The van der Waals surface area contributed by atoms with Gasteiger partial charge in [0.2, 0.25) is 5.91 Å². The van der Waals surface area contributed by atoms with E-state index in [1.807, 2.05) is 4.90 Å². The maximum atomic E-state index is 12.3. The molecule has 2 fully saturated rings. The summed E-state index contributed by atoms with van der Waals surface area (Å²) in [5.74, 6) is 0.0585. The Morgan fingerprint density at radius 2 is 1.81 bits per heavy atom. The van der Waals surface area contributed by atoms with Crippen LogP contribution in [0.5, 0.6) is 0 Å². The molecule has 3 rings (SSSR count). The lowest BCUT2D eigenvalue weighted by Gasteiger charge is -2.36. The van der Waals surface area contributed by atoms with Gasteiger partial charge in [0.05, 0.1) is 0 Å². The van der Waals surface area contributed by atoms with E-state index in [4.69, 9.17) is 0 Å². The molecule has 0 aliphatic carbocycles. The molecule has 2 aliphatic rings. The summed E-state index contributed by atoms with van der Waals surface area (Å²) in [4.78, 5) is 28.4. The van der Waals surface area contributed by atoms with Crippen molar-refractivity contribution in [3.63, 3.8) is 0 Å². The molecule has 0 bridgehead atoms. The maximum Gasteiger partial charge on any atom is 0.250 e. The molecule has 0 aromatic carbocycles. The fourth-order valence-corrected chi connectivity index (χ4v) is 3.42. The first kappa shape index (κ1) is 14.3. The minimum Gasteiger partial charge on any atom is -0.341 e. The van der Waals surface area contributed by atoms with Gasteiger partial charge in [0.15, 0.2) is 0 Å². The number of pyridine rings is 1. The quantitative estimate of drug-likeness (QED) is 0.832. The molecule has 0 spiro atoms. The van der Waals surface area contributed by atoms with Gasteiger partial charge in [0.25, 0.3) is 5.56 Å². The van der Waals surface area contributed by atoms with Crippen molar-refractivity contribution in [2.24, 2.45) is 0 Å². The fraction of sp³-hybridized carbons (Fsp3) is 0.625. The number of likely N-dealkylation sites (tertiary alicyclic amines) is 2. The Labute approximate surface area is 125 Å². The second-order valence-corrected chi connectivity index (χ2v) is 6.02. The predicted molar refractivity (Wildman–Crippen MR) is 81.1 cm³/mol. The van der Waals surface area contributed by atoms with Crippen LogP contribution in [0.1, 0.15) is 25.7 Å². The Morgan fingerprint density at radius 3 is 2.48 bits per heavy atom. The van der Waals surface area contributed by atoms with Crippen LogP contribution < -0.4 is 5.56 Å². The van der Waals surface area contributed by atoms with E-state index in [0.717, 1.165) is 25.9 Å². The Kier molecular flexibility index (Phi) is 4.39. The van der Waals surface area contributed by atoms with Crippen LogP contribution in [-0.4, -0.2) is 52.5 Å². The minimum absolute atomic E-state index is 0.0585. The van der Waals surface area contributed by atoms with Gasteiger partial charge in [-0.05, 0) is 44.8 Å². The van der Waals surface area contributed by atoms with Crippen LogP contribution in [0.3, 0.4) is 0 Å². The van der Waals surface area contributed by atoms with Crippen LogP contribution in [0.15, 0.2) is 29.2 Å². The minimum atomic E-state index is -0.113. The van der Waals surface area contributed by atoms with Crippen molar-refractivity contribution >= 4 is 5.91 Å². The van der Waals surface area contributed by atoms with E-state index in [9.17, 15) is 9.59 Å². The molecule has 1 aromatic heterocycles. The summed E-state index contributed by atoms with van der Waals surface area (Å²) in [6.07, 6.45) is 6.44. The molecule has 1 amide bonds. The van der Waals surface area contributed by atoms with Gasteiger partial charge in [-0.2, -0.15) is 0 Å². The van der Waals surface area contributed by atoms with E-state index < -0.39 is 0 Å².